The molecule has 1 amide bonds. The lowest BCUT2D eigenvalue weighted by molar-refractivity contribution is -0.113. The van der Waals surface area contributed by atoms with Crippen LogP contribution in [0.1, 0.15) is 6.42 Å². The van der Waals surface area contributed by atoms with Gasteiger partial charge in [0.1, 0.15) is 0 Å². The zero-order valence-electron chi connectivity index (χ0n) is 4.05. The zero-order valence-corrected chi connectivity index (χ0v) is 4.05. The number of amides is 1. The molecule has 7 heavy (non-hydrogen) atoms. The van der Waals surface area contributed by atoms with Crippen LogP contribution >= 0.6 is 0 Å². The standard InChI is InChI=1S/C5H8NO/c1-2-3-4-5(6)7/h3-4H,1-2H2,(H2,6,7)/b4-3+. The van der Waals surface area contributed by atoms with Crippen LogP contribution in [0.25, 0.3) is 0 Å². The molecule has 0 rings (SSSR count). The van der Waals surface area contributed by atoms with Crippen LogP contribution < -0.4 is 5.73 Å². The SMILES string of the molecule is [CH2]C/C=C/C(N)=O. The fourth-order valence-corrected chi connectivity index (χ4v) is 0.199. The summed E-state index contributed by atoms with van der Waals surface area (Å²) in [6.07, 6.45) is 3.53. The summed E-state index contributed by atoms with van der Waals surface area (Å²) in [4.78, 5) is 9.87. The van der Waals surface area contributed by atoms with Crippen LogP contribution in [-0.2, 0) is 4.79 Å². The molecule has 0 unspecified atom stereocenters. The summed E-state index contributed by atoms with van der Waals surface area (Å²) in [6, 6.07) is 0. The van der Waals surface area contributed by atoms with Crippen molar-refractivity contribution in [2.24, 2.45) is 5.73 Å². The van der Waals surface area contributed by atoms with Crippen LogP contribution in [-0.4, -0.2) is 5.91 Å². The van der Waals surface area contributed by atoms with Gasteiger partial charge >= 0.3 is 0 Å². The molecule has 39 valence electrons. The van der Waals surface area contributed by atoms with E-state index in [4.69, 9.17) is 5.73 Å². The number of primary amides is 1. The van der Waals surface area contributed by atoms with Crippen LogP contribution in [0, 0.1) is 6.92 Å². The molecule has 2 heteroatoms. The number of carbonyl (C=O) groups excluding carboxylic acids is 1. The molecule has 0 heterocycles. The Labute approximate surface area is 43.0 Å². The Bertz CT molecular complexity index is 86.1. The normalized spacial score (nSPS) is 9.86. The van der Waals surface area contributed by atoms with Gasteiger partial charge in [0.2, 0.25) is 5.91 Å². The molecule has 0 saturated carbocycles. The molecule has 2 nitrogen and oxygen atoms in total. The van der Waals surface area contributed by atoms with E-state index in [2.05, 4.69) is 6.92 Å². The summed E-state index contributed by atoms with van der Waals surface area (Å²) in [6.45, 7) is 3.46. The molecule has 0 aliphatic carbocycles. The minimum atomic E-state index is -0.413. The van der Waals surface area contributed by atoms with Crippen molar-refractivity contribution in [1.29, 1.82) is 0 Å². The van der Waals surface area contributed by atoms with Crippen molar-refractivity contribution in [3.63, 3.8) is 0 Å². The number of nitrogens with two attached hydrogens (primary N) is 1. The number of rotatable bonds is 2. The number of hydrogen-bond donors (Lipinski definition) is 1. The van der Waals surface area contributed by atoms with Crippen LogP contribution in [0.2, 0.25) is 0 Å². The van der Waals surface area contributed by atoms with Gasteiger partial charge in [-0.1, -0.05) is 6.08 Å². The lowest BCUT2D eigenvalue weighted by Gasteiger charge is -1.74. The van der Waals surface area contributed by atoms with Gasteiger partial charge in [-0.05, 0) is 19.4 Å². The van der Waals surface area contributed by atoms with Gasteiger partial charge in [0.05, 0.1) is 0 Å². The molecule has 0 bridgehead atoms. The highest BCUT2D eigenvalue weighted by Crippen LogP contribution is 1.74. The van der Waals surface area contributed by atoms with Gasteiger partial charge in [0, 0.05) is 0 Å². The molecule has 0 spiro atoms. The van der Waals surface area contributed by atoms with Crippen molar-refractivity contribution in [3.8, 4) is 0 Å². The molecular formula is C5H8NO. The number of allylic oxidation sites excluding steroid dienone is 1. The second kappa shape index (κ2) is 3.40. The summed E-state index contributed by atoms with van der Waals surface area (Å²) in [5.74, 6) is -0.413. The second-order valence-electron chi connectivity index (χ2n) is 1.09. The summed E-state index contributed by atoms with van der Waals surface area (Å²) in [5, 5.41) is 0. The Morgan fingerprint density at radius 2 is 2.43 bits per heavy atom. The van der Waals surface area contributed by atoms with E-state index in [9.17, 15) is 4.79 Å². The third-order valence-corrected chi connectivity index (χ3v) is 0.449. The van der Waals surface area contributed by atoms with Crippen LogP contribution in [0.15, 0.2) is 12.2 Å². The third-order valence-electron chi connectivity index (χ3n) is 0.449. The van der Waals surface area contributed by atoms with Crippen molar-refractivity contribution in [2.45, 2.75) is 6.42 Å². The minimum Gasteiger partial charge on any atom is -0.366 e. The monoisotopic (exact) mass is 98.1 g/mol. The summed E-state index contributed by atoms with van der Waals surface area (Å²) in [5.41, 5.74) is 4.72. The van der Waals surface area contributed by atoms with E-state index in [1.54, 1.807) is 6.08 Å². The highest BCUT2D eigenvalue weighted by atomic mass is 16.1. The number of hydrogen-bond acceptors (Lipinski definition) is 1. The van der Waals surface area contributed by atoms with Crippen molar-refractivity contribution >= 4 is 5.91 Å². The smallest absolute Gasteiger partial charge is 0.241 e. The largest absolute Gasteiger partial charge is 0.366 e. The first-order valence-corrected chi connectivity index (χ1v) is 2.02. The molecule has 0 aromatic rings. The fourth-order valence-electron chi connectivity index (χ4n) is 0.199. The predicted octanol–water partition coefficient (Wildman–Crippen LogP) is 0.252. The van der Waals surface area contributed by atoms with Gasteiger partial charge in [-0.3, -0.25) is 4.79 Å². The van der Waals surface area contributed by atoms with E-state index < -0.39 is 5.91 Å². The van der Waals surface area contributed by atoms with Crippen LogP contribution in [0.3, 0.4) is 0 Å². The van der Waals surface area contributed by atoms with Crippen molar-refractivity contribution in [1.82, 2.24) is 0 Å². The molecule has 0 aromatic carbocycles. The highest BCUT2D eigenvalue weighted by Gasteiger charge is 1.75. The maximum Gasteiger partial charge on any atom is 0.241 e. The number of carbonyl (C=O) groups is 1. The topological polar surface area (TPSA) is 43.1 Å². The molecule has 0 aliphatic heterocycles. The Morgan fingerprint density at radius 3 is 2.57 bits per heavy atom. The molecule has 1 radical (unpaired) electrons. The van der Waals surface area contributed by atoms with E-state index in [0.717, 1.165) is 0 Å². The van der Waals surface area contributed by atoms with E-state index >= 15 is 0 Å². The predicted molar refractivity (Wildman–Crippen MR) is 28.3 cm³/mol. The van der Waals surface area contributed by atoms with Crippen molar-refractivity contribution < 1.29 is 4.79 Å². The molecule has 0 saturated heterocycles. The van der Waals surface area contributed by atoms with Gasteiger partial charge in [0.25, 0.3) is 0 Å². The van der Waals surface area contributed by atoms with Gasteiger partial charge < -0.3 is 5.73 Å². The first-order chi connectivity index (χ1) is 3.27. The molecule has 0 atom stereocenters. The summed E-state index contributed by atoms with van der Waals surface area (Å²) in [7, 11) is 0. The fraction of sp³-hybridized carbons (Fsp3) is 0.200. The minimum absolute atomic E-state index is 0.413. The van der Waals surface area contributed by atoms with E-state index in [1.165, 1.54) is 6.08 Å². The van der Waals surface area contributed by atoms with E-state index in [0.29, 0.717) is 6.42 Å². The van der Waals surface area contributed by atoms with Crippen LogP contribution in [0.4, 0.5) is 0 Å². The first-order valence-electron chi connectivity index (χ1n) is 2.02. The average molecular weight is 98.1 g/mol. The lowest BCUT2D eigenvalue weighted by atomic mass is 10.4. The lowest BCUT2D eigenvalue weighted by Crippen LogP contribution is -2.04. The first kappa shape index (κ1) is 6.21. The summed E-state index contributed by atoms with van der Waals surface area (Å²) >= 11 is 0. The van der Waals surface area contributed by atoms with Crippen molar-refractivity contribution in [2.75, 3.05) is 0 Å². The van der Waals surface area contributed by atoms with Gasteiger partial charge in [-0.25, -0.2) is 0 Å². The average Bonchev–Trinajstić information content (AvgIpc) is 1.61. The van der Waals surface area contributed by atoms with E-state index in [1.807, 2.05) is 0 Å². The third kappa shape index (κ3) is 5.21. The Kier molecular flexibility index (Phi) is 3.02. The molecule has 0 aliphatic rings. The summed E-state index contributed by atoms with van der Waals surface area (Å²) < 4.78 is 0. The van der Waals surface area contributed by atoms with Crippen molar-refractivity contribution in [3.05, 3.63) is 19.1 Å². The maximum atomic E-state index is 9.87. The quantitative estimate of drug-likeness (QED) is 0.494. The van der Waals surface area contributed by atoms with Gasteiger partial charge in [-0.2, -0.15) is 0 Å². The molecule has 0 fully saturated rings. The van der Waals surface area contributed by atoms with E-state index in [-0.39, 0.29) is 0 Å². The second-order valence-corrected chi connectivity index (χ2v) is 1.09. The zero-order chi connectivity index (χ0) is 5.70. The molecule has 2 N–H and O–H groups in total. The Balaban J connectivity index is 3.26. The Morgan fingerprint density at radius 1 is 1.86 bits per heavy atom. The molecular weight excluding hydrogens is 90.1 g/mol. The van der Waals surface area contributed by atoms with Gasteiger partial charge in [-0.15, -0.1) is 0 Å². The highest BCUT2D eigenvalue weighted by molar-refractivity contribution is 5.85. The molecule has 0 aromatic heterocycles. The Hall–Kier alpha value is -0.790. The van der Waals surface area contributed by atoms with Crippen LogP contribution in [0.5, 0.6) is 0 Å². The maximum absolute atomic E-state index is 9.87. The van der Waals surface area contributed by atoms with Gasteiger partial charge in [0.15, 0.2) is 0 Å².